The van der Waals surface area contributed by atoms with Crippen molar-refractivity contribution >= 4 is 27.3 Å². The number of carbonyl (C=O) groups excluding carboxylic acids is 2. The minimum atomic E-state index is -3.68. The smallest absolute Gasteiger partial charge is 0.248 e. The molecule has 1 fully saturated rings. The van der Waals surface area contributed by atoms with E-state index in [-0.39, 0.29) is 17.4 Å². The van der Waals surface area contributed by atoms with Gasteiger partial charge in [-0.05, 0) is 36.1 Å². The summed E-state index contributed by atoms with van der Waals surface area (Å²) in [6, 6.07) is 1.14. The number of rotatable bonds is 6. The number of aromatic nitrogens is 2. The molecule has 1 atom stereocenters. The zero-order valence-corrected chi connectivity index (χ0v) is 18.3. The van der Waals surface area contributed by atoms with Gasteiger partial charge in [0.05, 0.1) is 0 Å². The molecule has 0 bridgehead atoms. The fraction of sp³-hybridized carbons (Fsp3) is 0.455. The normalized spacial score (nSPS) is 20.5. The maximum Gasteiger partial charge on any atom is 0.248 e. The predicted octanol–water partition coefficient (Wildman–Crippen LogP) is 2.39. The number of allylic oxidation sites excluding steroid dienone is 3. The molecule has 0 radical (unpaired) electrons. The second-order valence-corrected chi connectivity index (χ2v) is 10.3. The van der Waals surface area contributed by atoms with Gasteiger partial charge in [0.15, 0.2) is 15.6 Å². The van der Waals surface area contributed by atoms with E-state index in [1.165, 1.54) is 18.8 Å². The number of anilines is 1. The largest absolute Gasteiger partial charge is 0.361 e. The first kappa shape index (κ1) is 21.4. The van der Waals surface area contributed by atoms with E-state index in [4.69, 9.17) is 0 Å². The van der Waals surface area contributed by atoms with Crippen LogP contribution in [0.3, 0.4) is 0 Å². The van der Waals surface area contributed by atoms with Crippen molar-refractivity contribution in [1.29, 1.82) is 0 Å². The van der Waals surface area contributed by atoms with Crippen LogP contribution in [0.5, 0.6) is 0 Å². The summed E-state index contributed by atoms with van der Waals surface area (Å²) < 4.78 is 24.5. The van der Waals surface area contributed by atoms with Gasteiger partial charge in [0, 0.05) is 30.8 Å². The second-order valence-electron chi connectivity index (χ2n) is 8.37. The van der Waals surface area contributed by atoms with Crippen LogP contribution in [0.25, 0.3) is 0 Å². The van der Waals surface area contributed by atoms with Gasteiger partial charge in [0.2, 0.25) is 5.91 Å². The second kappa shape index (κ2) is 8.74. The first-order valence-electron chi connectivity index (χ1n) is 10.5. The van der Waals surface area contributed by atoms with Crippen molar-refractivity contribution in [1.82, 2.24) is 14.9 Å². The maximum atomic E-state index is 13.3. The standard InChI is InChI=1S/C22H26N4O4S/c1-31(29,30)21-17-13-26(12-16(17)7-8-19(21)27)18(11-15-5-3-2-4-6-15)22(28)25-20-9-10-23-14-24-20/h7-10,12,14-15,18H,2-6,11,13H2,1H3,(H,23,24,25,28)/t18-/m0/s1. The number of carbonyl (C=O) groups is 2. The Kier molecular flexibility index (Phi) is 6.04. The van der Waals surface area contributed by atoms with Crippen LogP contribution in [0.1, 0.15) is 38.5 Å². The lowest BCUT2D eigenvalue weighted by molar-refractivity contribution is -0.121. The molecule has 1 N–H and O–H groups in total. The molecule has 0 spiro atoms. The molecular weight excluding hydrogens is 416 g/mol. The van der Waals surface area contributed by atoms with Gasteiger partial charge in [-0.1, -0.05) is 32.1 Å². The number of nitrogens with zero attached hydrogens (tertiary/aromatic N) is 3. The van der Waals surface area contributed by atoms with Crippen LogP contribution in [0.2, 0.25) is 0 Å². The minimum Gasteiger partial charge on any atom is -0.361 e. The van der Waals surface area contributed by atoms with Gasteiger partial charge < -0.3 is 10.2 Å². The van der Waals surface area contributed by atoms with Crippen molar-refractivity contribution in [3.05, 3.63) is 53.0 Å². The first-order valence-corrected chi connectivity index (χ1v) is 12.4. The SMILES string of the molecule is CS(=O)(=O)C1=C2CN([C@@H](CC3CCCCC3)C(=O)Nc3ccncn3)C=C2C=CC1=O. The highest BCUT2D eigenvalue weighted by Crippen LogP contribution is 2.35. The summed E-state index contributed by atoms with van der Waals surface area (Å²) in [6.45, 7) is 0.211. The number of hydrogen-bond acceptors (Lipinski definition) is 7. The molecule has 164 valence electrons. The summed E-state index contributed by atoms with van der Waals surface area (Å²) in [7, 11) is -3.68. The van der Waals surface area contributed by atoms with Gasteiger partial charge in [0.1, 0.15) is 23.1 Å². The molecule has 2 heterocycles. The average molecular weight is 443 g/mol. The molecule has 2 aliphatic carbocycles. The Morgan fingerprint density at radius 3 is 2.71 bits per heavy atom. The molecule has 1 aromatic rings. The van der Waals surface area contributed by atoms with Crippen LogP contribution < -0.4 is 5.32 Å². The number of hydrogen-bond donors (Lipinski definition) is 1. The molecule has 0 unspecified atom stereocenters. The predicted molar refractivity (Wildman–Crippen MR) is 116 cm³/mol. The number of ketones is 1. The van der Waals surface area contributed by atoms with E-state index in [0.717, 1.165) is 31.9 Å². The van der Waals surface area contributed by atoms with E-state index in [2.05, 4.69) is 15.3 Å². The fourth-order valence-electron chi connectivity index (χ4n) is 4.62. The highest BCUT2D eigenvalue weighted by atomic mass is 32.2. The van der Waals surface area contributed by atoms with Crippen LogP contribution >= 0.6 is 0 Å². The van der Waals surface area contributed by atoms with Crippen molar-refractivity contribution in [2.24, 2.45) is 5.92 Å². The molecule has 8 nitrogen and oxygen atoms in total. The topological polar surface area (TPSA) is 109 Å². The van der Waals surface area contributed by atoms with E-state index in [1.807, 2.05) is 4.90 Å². The lowest BCUT2D eigenvalue weighted by atomic mass is 9.84. The molecule has 3 aliphatic rings. The van der Waals surface area contributed by atoms with Crippen LogP contribution in [0.4, 0.5) is 5.82 Å². The molecule has 1 amide bonds. The summed E-state index contributed by atoms with van der Waals surface area (Å²) in [5.41, 5.74) is 1.14. The Morgan fingerprint density at radius 1 is 1.26 bits per heavy atom. The summed E-state index contributed by atoms with van der Waals surface area (Å²) in [6.07, 6.45) is 15.1. The van der Waals surface area contributed by atoms with E-state index in [9.17, 15) is 18.0 Å². The van der Waals surface area contributed by atoms with Gasteiger partial charge in [-0.3, -0.25) is 9.59 Å². The van der Waals surface area contributed by atoms with Gasteiger partial charge in [-0.15, -0.1) is 0 Å². The lowest BCUT2D eigenvalue weighted by Gasteiger charge is -2.31. The zero-order valence-electron chi connectivity index (χ0n) is 17.5. The molecular formula is C22H26N4O4S. The molecule has 0 saturated heterocycles. The van der Waals surface area contributed by atoms with E-state index in [1.54, 1.807) is 24.5 Å². The Morgan fingerprint density at radius 2 is 2.03 bits per heavy atom. The number of amides is 1. The molecule has 4 rings (SSSR count). The zero-order chi connectivity index (χ0) is 22.0. The van der Waals surface area contributed by atoms with Gasteiger partial charge in [-0.25, -0.2) is 18.4 Å². The lowest BCUT2D eigenvalue weighted by Crippen LogP contribution is -2.42. The van der Waals surface area contributed by atoms with E-state index < -0.39 is 21.7 Å². The molecule has 9 heteroatoms. The van der Waals surface area contributed by atoms with Crippen molar-refractivity contribution in [2.45, 2.75) is 44.6 Å². The van der Waals surface area contributed by atoms with Gasteiger partial charge in [-0.2, -0.15) is 0 Å². The van der Waals surface area contributed by atoms with Gasteiger partial charge >= 0.3 is 0 Å². The Balaban J connectivity index is 1.63. The number of fused-ring (bicyclic) bond motifs is 1. The quantitative estimate of drug-likeness (QED) is 0.720. The first-order chi connectivity index (χ1) is 14.8. The summed E-state index contributed by atoms with van der Waals surface area (Å²) in [4.78, 5) is 35.2. The van der Waals surface area contributed by atoms with E-state index in [0.29, 0.717) is 29.3 Å². The third-order valence-corrected chi connectivity index (χ3v) is 7.28. The third kappa shape index (κ3) is 4.76. The van der Waals surface area contributed by atoms with Crippen molar-refractivity contribution in [3.63, 3.8) is 0 Å². The van der Waals surface area contributed by atoms with Crippen molar-refractivity contribution < 1.29 is 18.0 Å². The van der Waals surface area contributed by atoms with Gasteiger partial charge in [0.25, 0.3) is 0 Å². The van der Waals surface area contributed by atoms with Crippen LogP contribution in [0.15, 0.2) is 53.0 Å². The summed E-state index contributed by atoms with van der Waals surface area (Å²) >= 11 is 0. The van der Waals surface area contributed by atoms with Crippen LogP contribution in [0, 0.1) is 5.92 Å². The van der Waals surface area contributed by atoms with E-state index >= 15 is 0 Å². The fourth-order valence-corrected chi connectivity index (χ4v) is 5.69. The molecule has 31 heavy (non-hydrogen) atoms. The van der Waals surface area contributed by atoms with Crippen molar-refractivity contribution in [3.8, 4) is 0 Å². The van der Waals surface area contributed by atoms with Crippen molar-refractivity contribution in [2.75, 3.05) is 18.1 Å². The number of sulfone groups is 1. The van der Waals surface area contributed by atoms with Crippen LogP contribution in [-0.4, -0.2) is 53.8 Å². The highest BCUT2D eigenvalue weighted by Gasteiger charge is 2.36. The maximum absolute atomic E-state index is 13.3. The molecule has 1 aromatic heterocycles. The highest BCUT2D eigenvalue weighted by molar-refractivity contribution is 7.95. The van der Waals surface area contributed by atoms with Crippen LogP contribution in [-0.2, 0) is 19.4 Å². The molecule has 0 aromatic carbocycles. The molecule has 1 saturated carbocycles. The Labute approximate surface area is 182 Å². The monoisotopic (exact) mass is 442 g/mol. The molecule has 1 aliphatic heterocycles. The summed E-state index contributed by atoms with van der Waals surface area (Å²) in [5, 5.41) is 2.86. The third-order valence-electron chi connectivity index (χ3n) is 6.09. The average Bonchev–Trinajstić information content (AvgIpc) is 3.15. The summed E-state index contributed by atoms with van der Waals surface area (Å²) in [5.74, 6) is 0.142. The Bertz CT molecular complexity index is 1070. The Hall–Kier alpha value is -2.81. The number of nitrogens with one attached hydrogen (secondary N) is 1. The minimum absolute atomic E-state index is 0.170.